The van der Waals surface area contributed by atoms with Gasteiger partial charge in [-0.2, -0.15) is 0 Å². The van der Waals surface area contributed by atoms with Gasteiger partial charge in [0.25, 0.3) is 0 Å². The lowest BCUT2D eigenvalue weighted by molar-refractivity contribution is -0.123. The van der Waals surface area contributed by atoms with Crippen LogP contribution in [0.1, 0.15) is 20.3 Å². The van der Waals surface area contributed by atoms with Crippen LogP contribution < -0.4 is 5.32 Å². The van der Waals surface area contributed by atoms with Crippen molar-refractivity contribution in [3.8, 4) is 0 Å². The summed E-state index contributed by atoms with van der Waals surface area (Å²) in [5, 5.41) is 6.16. The first-order valence-electron chi connectivity index (χ1n) is 4.98. The third-order valence-electron chi connectivity index (χ3n) is 2.23. The number of hydrogen-bond donors (Lipinski definition) is 1. The highest BCUT2D eigenvalue weighted by molar-refractivity contribution is 5.82. The Kier molecular flexibility index (Phi) is 7.40. The van der Waals surface area contributed by atoms with Crippen molar-refractivity contribution in [3.63, 3.8) is 0 Å². The SMILES string of the molecule is CC[C@H](C)[C@H](N=[N+]=[N-])C(=O)NCCOC. The number of ether oxygens (including phenoxy) is 1. The zero-order valence-corrected chi connectivity index (χ0v) is 9.43. The van der Waals surface area contributed by atoms with Gasteiger partial charge in [0.05, 0.1) is 6.61 Å². The van der Waals surface area contributed by atoms with E-state index in [-0.39, 0.29) is 11.8 Å². The number of nitrogens with zero attached hydrogens (tertiary/aromatic N) is 3. The molecule has 1 amide bonds. The molecule has 0 aliphatic carbocycles. The van der Waals surface area contributed by atoms with Gasteiger partial charge in [0.15, 0.2) is 0 Å². The Balaban J connectivity index is 4.23. The van der Waals surface area contributed by atoms with Crippen molar-refractivity contribution in [2.45, 2.75) is 26.3 Å². The van der Waals surface area contributed by atoms with Gasteiger partial charge in [-0.3, -0.25) is 4.79 Å². The number of hydrogen-bond acceptors (Lipinski definition) is 3. The van der Waals surface area contributed by atoms with Crippen LogP contribution in [0.2, 0.25) is 0 Å². The summed E-state index contributed by atoms with van der Waals surface area (Å²) in [7, 11) is 1.56. The zero-order valence-electron chi connectivity index (χ0n) is 9.43. The summed E-state index contributed by atoms with van der Waals surface area (Å²) in [6.45, 7) is 4.72. The Morgan fingerprint density at radius 2 is 2.33 bits per heavy atom. The van der Waals surface area contributed by atoms with Crippen LogP contribution in [0.5, 0.6) is 0 Å². The summed E-state index contributed by atoms with van der Waals surface area (Å²) in [5.74, 6) is -0.192. The van der Waals surface area contributed by atoms with Crippen molar-refractivity contribution in [1.82, 2.24) is 5.32 Å². The van der Waals surface area contributed by atoms with Gasteiger partial charge < -0.3 is 10.1 Å². The lowest BCUT2D eigenvalue weighted by Gasteiger charge is -2.17. The second-order valence-corrected chi connectivity index (χ2v) is 3.32. The maximum Gasteiger partial charge on any atom is 0.229 e. The first-order chi connectivity index (χ1) is 7.17. The van der Waals surface area contributed by atoms with Crippen LogP contribution >= 0.6 is 0 Å². The van der Waals surface area contributed by atoms with Gasteiger partial charge in [-0.25, -0.2) is 0 Å². The molecule has 0 saturated heterocycles. The summed E-state index contributed by atoms with van der Waals surface area (Å²) in [6, 6.07) is -0.628. The molecule has 0 spiro atoms. The van der Waals surface area contributed by atoms with Crippen LogP contribution in [0.15, 0.2) is 5.11 Å². The molecule has 0 aliphatic heterocycles. The predicted octanol–water partition coefficient (Wildman–Crippen LogP) is 1.47. The number of rotatable bonds is 7. The number of carbonyl (C=O) groups excluding carboxylic acids is 1. The van der Waals surface area contributed by atoms with E-state index in [9.17, 15) is 4.79 Å². The van der Waals surface area contributed by atoms with Crippen LogP contribution in [0.25, 0.3) is 10.4 Å². The summed E-state index contributed by atoms with van der Waals surface area (Å²) < 4.78 is 4.80. The molecule has 2 atom stereocenters. The quantitative estimate of drug-likeness (QED) is 0.301. The molecule has 0 aliphatic rings. The van der Waals surface area contributed by atoms with E-state index < -0.39 is 6.04 Å². The van der Waals surface area contributed by atoms with Gasteiger partial charge in [-0.15, -0.1) is 0 Å². The normalized spacial score (nSPS) is 13.8. The van der Waals surface area contributed by atoms with Crippen molar-refractivity contribution in [1.29, 1.82) is 0 Å². The highest BCUT2D eigenvalue weighted by atomic mass is 16.5. The number of carbonyl (C=O) groups is 1. The molecule has 0 heterocycles. The lowest BCUT2D eigenvalue weighted by atomic mass is 9.99. The lowest BCUT2D eigenvalue weighted by Crippen LogP contribution is -2.38. The molecular formula is C9H18N4O2. The maximum atomic E-state index is 11.6. The first-order valence-corrected chi connectivity index (χ1v) is 4.98. The minimum Gasteiger partial charge on any atom is -0.383 e. The summed E-state index contributed by atoms with van der Waals surface area (Å²) >= 11 is 0. The average Bonchev–Trinajstić information content (AvgIpc) is 2.25. The summed E-state index contributed by atoms with van der Waals surface area (Å²) in [4.78, 5) is 14.3. The summed E-state index contributed by atoms with van der Waals surface area (Å²) in [6.07, 6.45) is 0.793. The van der Waals surface area contributed by atoms with Crippen LogP contribution in [-0.2, 0) is 9.53 Å². The molecule has 1 N–H and O–H groups in total. The maximum absolute atomic E-state index is 11.6. The highest BCUT2D eigenvalue weighted by Crippen LogP contribution is 2.11. The van der Waals surface area contributed by atoms with E-state index >= 15 is 0 Å². The monoisotopic (exact) mass is 214 g/mol. The van der Waals surface area contributed by atoms with Crippen molar-refractivity contribution < 1.29 is 9.53 Å². The Hall–Kier alpha value is -1.26. The van der Waals surface area contributed by atoms with Crippen LogP contribution in [0, 0.1) is 5.92 Å². The molecule has 0 rings (SSSR count). The molecule has 6 heteroatoms. The van der Waals surface area contributed by atoms with E-state index in [0.717, 1.165) is 6.42 Å². The largest absolute Gasteiger partial charge is 0.383 e. The van der Waals surface area contributed by atoms with E-state index in [2.05, 4.69) is 15.3 Å². The second kappa shape index (κ2) is 8.08. The molecular weight excluding hydrogens is 196 g/mol. The van der Waals surface area contributed by atoms with E-state index in [0.29, 0.717) is 13.2 Å². The topological polar surface area (TPSA) is 87.1 Å². The van der Waals surface area contributed by atoms with Gasteiger partial charge in [0, 0.05) is 18.6 Å². The molecule has 15 heavy (non-hydrogen) atoms. The fourth-order valence-corrected chi connectivity index (χ4v) is 1.08. The molecule has 0 aromatic carbocycles. The highest BCUT2D eigenvalue weighted by Gasteiger charge is 2.21. The third kappa shape index (κ3) is 5.24. The molecule has 0 saturated carbocycles. The van der Waals surface area contributed by atoms with Crippen LogP contribution in [0.4, 0.5) is 0 Å². The number of nitrogens with one attached hydrogen (secondary N) is 1. The Morgan fingerprint density at radius 3 is 2.80 bits per heavy atom. The van der Waals surface area contributed by atoms with Crippen molar-refractivity contribution in [2.24, 2.45) is 11.0 Å². The number of azide groups is 1. The van der Waals surface area contributed by atoms with E-state index in [1.807, 2.05) is 13.8 Å². The van der Waals surface area contributed by atoms with Crippen LogP contribution in [-0.4, -0.2) is 32.2 Å². The molecule has 6 nitrogen and oxygen atoms in total. The molecule has 0 fully saturated rings. The smallest absolute Gasteiger partial charge is 0.229 e. The molecule has 0 bridgehead atoms. The minimum absolute atomic E-state index is 0.0449. The Labute approximate surface area is 89.6 Å². The standard InChI is InChI=1S/C9H18N4O2/c1-4-7(2)8(12-13-10)9(14)11-5-6-15-3/h7-8H,4-6H2,1-3H3,(H,11,14)/t7-,8-/m0/s1. The van der Waals surface area contributed by atoms with Gasteiger partial charge in [0.2, 0.25) is 5.91 Å². The zero-order chi connectivity index (χ0) is 11.7. The third-order valence-corrected chi connectivity index (χ3v) is 2.23. The minimum atomic E-state index is -0.628. The summed E-state index contributed by atoms with van der Waals surface area (Å²) in [5.41, 5.74) is 8.36. The van der Waals surface area contributed by atoms with Gasteiger partial charge in [0.1, 0.15) is 6.04 Å². The Bertz CT molecular complexity index is 238. The number of methoxy groups -OCH3 is 1. The van der Waals surface area contributed by atoms with Crippen molar-refractivity contribution in [2.75, 3.05) is 20.3 Å². The number of amides is 1. The molecule has 86 valence electrons. The van der Waals surface area contributed by atoms with E-state index in [4.69, 9.17) is 10.3 Å². The molecule has 0 aromatic rings. The first kappa shape index (κ1) is 13.7. The average molecular weight is 214 g/mol. The Morgan fingerprint density at radius 1 is 1.67 bits per heavy atom. The van der Waals surface area contributed by atoms with Crippen LogP contribution in [0.3, 0.4) is 0 Å². The molecule has 0 radical (unpaired) electrons. The molecule has 0 aromatic heterocycles. The van der Waals surface area contributed by atoms with Gasteiger partial charge in [-0.05, 0) is 11.4 Å². The van der Waals surface area contributed by atoms with Crippen molar-refractivity contribution >= 4 is 5.91 Å². The van der Waals surface area contributed by atoms with E-state index in [1.165, 1.54) is 0 Å². The predicted molar refractivity (Wildman–Crippen MR) is 57.3 cm³/mol. The van der Waals surface area contributed by atoms with Gasteiger partial charge >= 0.3 is 0 Å². The van der Waals surface area contributed by atoms with E-state index in [1.54, 1.807) is 7.11 Å². The fourth-order valence-electron chi connectivity index (χ4n) is 1.08. The molecule has 0 unspecified atom stereocenters. The van der Waals surface area contributed by atoms with Gasteiger partial charge in [-0.1, -0.05) is 25.4 Å². The second-order valence-electron chi connectivity index (χ2n) is 3.32. The fraction of sp³-hybridized carbons (Fsp3) is 0.889. The van der Waals surface area contributed by atoms with Crippen molar-refractivity contribution in [3.05, 3.63) is 10.4 Å².